The van der Waals surface area contributed by atoms with Gasteiger partial charge in [-0.1, -0.05) is 31.4 Å². The van der Waals surface area contributed by atoms with E-state index in [2.05, 4.69) is 23.6 Å². The molecule has 1 aliphatic carbocycles. The van der Waals surface area contributed by atoms with Crippen LogP contribution in [0.25, 0.3) is 0 Å². The van der Waals surface area contributed by atoms with Crippen LogP contribution in [0.4, 0.5) is 0 Å². The second kappa shape index (κ2) is 9.94. The molecule has 0 aromatic heterocycles. The van der Waals surface area contributed by atoms with E-state index in [0.29, 0.717) is 16.7 Å². The fraction of sp³-hybridized carbons (Fsp3) is 0.538. The van der Waals surface area contributed by atoms with E-state index < -0.39 is 9.84 Å². The van der Waals surface area contributed by atoms with Gasteiger partial charge in [0.1, 0.15) is 5.75 Å². The Hall–Kier alpha value is -1.89. The van der Waals surface area contributed by atoms with Crippen LogP contribution >= 0.6 is 0 Å². The fourth-order valence-corrected chi connectivity index (χ4v) is 6.62. The van der Waals surface area contributed by atoms with Crippen molar-refractivity contribution in [3.8, 4) is 5.75 Å². The van der Waals surface area contributed by atoms with E-state index in [0.717, 1.165) is 31.2 Å². The molecular weight excluding hydrogens is 420 g/mol. The van der Waals surface area contributed by atoms with Gasteiger partial charge in [-0.2, -0.15) is 0 Å². The van der Waals surface area contributed by atoms with Gasteiger partial charge in [-0.25, -0.2) is 8.42 Å². The molecule has 2 atom stereocenters. The average molecular weight is 457 g/mol. The van der Waals surface area contributed by atoms with Crippen molar-refractivity contribution in [2.75, 3.05) is 26.7 Å². The highest BCUT2D eigenvalue weighted by atomic mass is 32.2. The van der Waals surface area contributed by atoms with E-state index in [1.165, 1.54) is 32.1 Å². The molecule has 6 heteroatoms. The Balaban J connectivity index is 1.43. The first-order chi connectivity index (χ1) is 15.4. The number of piperazine rings is 1. The maximum Gasteiger partial charge on any atom is 0.206 e. The van der Waals surface area contributed by atoms with Gasteiger partial charge in [0.25, 0.3) is 0 Å². The van der Waals surface area contributed by atoms with Crippen LogP contribution in [-0.2, 0) is 9.84 Å². The summed E-state index contributed by atoms with van der Waals surface area (Å²) >= 11 is 0. The highest BCUT2D eigenvalue weighted by Gasteiger charge is 2.31. The lowest BCUT2D eigenvalue weighted by atomic mass is 9.93. The Morgan fingerprint density at radius 3 is 2.06 bits per heavy atom. The monoisotopic (exact) mass is 456 g/mol. The van der Waals surface area contributed by atoms with Crippen molar-refractivity contribution in [3.63, 3.8) is 0 Å². The third-order valence-electron chi connectivity index (χ3n) is 7.34. The molecule has 0 amide bonds. The summed E-state index contributed by atoms with van der Waals surface area (Å²) in [7, 11) is -1.97. The SMILES string of the molecule is COc1ccc(S(=O)(=O)c2ccc([C@@H](C)N3CCN(C4CCCCC4)C[C@H]3C)cc2)cc1. The van der Waals surface area contributed by atoms with Crippen molar-refractivity contribution in [3.05, 3.63) is 54.1 Å². The predicted octanol–water partition coefficient (Wildman–Crippen LogP) is 4.93. The summed E-state index contributed by atoms with van der Waals surface area (Å²) in [5, 5.41) is 0. The smallest absolute Gasteiger partial charge is 0.206 e. The molecule has 174 valence electrons. The van der Waals surface area contributed by atoms with Crippen molar-refractivity contribution in [2.45, 2.75) is 73.9 Å². The van der Waals surface area contributed by atoms with Crippen molar-refractivity contribution in [2.24, 2.45) is 0 Å². The Bertz CT molecular complexity index is 983. The predicted molar refractivity (Wildman–Crippen MR) is 128 cm³/mol. The van der Waals surface area contributed by atoms with Crippen LogP contribution in [0.2, 0.25) is 0 Å². The van der Waals surface area contributed by atoms with Crippen molar-refractivity contribution >= 4 is 9.84 Å². The number of nitrogens with zero attached hydrogens (tertiary/aromatic N) is 2. The Morgan fingerprint density at radius 2 is 1.50 bits per heavy atom. The lowest BCUT2D eigenvalue weighted by Crippen LogP contribution is -2.55. The van der Waals surface area contributed by atoms with Crippen molar-refractivity contribution in [1.29, 1.82) is 0 Å². The van der Waals surface area contributed by atoms with Gasteiger partial charge in [-0.05, 0) is 68.7 Å². The summed E-state index contributed by atoms with van der Waals surface area (Å²) in [5.41, 5.74) is 1.16. The van der Waals surface area contributed by atoms with Gasteiger partial charge < -0.3 is 4.74 Å². The van der Waals surface area contributed by atoms with E-state index in [4.69, 9.17) is 4.74 Å². The first kappa shape index (κ1) is 23.3. The number of methoxy groups -OCH3 is 1. The molecule has 1 heterocycles. The number of ether oxygens (including phenoxy) is 1. The number of hydrogen-bond acceptors (Lipinski definition) is 5. The van der Waals surface area contributed by atoms with Gasteiger partial charge in [0, 0.05) is 37.8 Å². The molecule has 32 heavy (non-hydrogen) atoms. The highest BCUT2D eigenvalue weighted by Crippen LogP contribution is 2.30. The zero-order valence-corrected chi connectivity index (χ0v) is 20.4. The maximum atomic E-state index is 13.0. The Morgan fingerprint density at radius 1 is 0.906 bits per heavy atom. The van der Waals surface area contributed by atoms with Crippen LogP contribution in [0.15, 0.2) is 58.3 Å². The van der Waals surface area contributed by atoms with Gasteiger partial charge in [-0.15, -0.1) is 0 Å². The highest BCUT2D eigenvalue weighted by molar-refractivity contribution is 7.91. The van der Waals surface area contributed by atoms with Crippen LogP contribution in [-0.4, -0.2) is 57.0 Å². The van der Waals surface area contributed by atoms with Crippen LogP contribution in [0.5, 0.6) is 5.75 Å². The van der Waals surface area contributed by atoms with Crippen LogP contribution < -0.4 is 4.74 Å². The van der Waals surface area contributed by atoms with Gasteiger partial charge in [0.15, 0.2) is 0 Å². The Kier molecular flexibility index (Phi) is 7.23. The molecule has 5 nitrogen and oxygen atoms in total. The number of benzene rings is 2. The normalized spacial score (nSPS) is 22.5. The molecule has 0 bridgehead atoms. The second-order valence-corrected chi connectivity index (χ2v) is 11.2. The lowest BCUT2D eigenvalue weighted by Gasteiger charge is -2.46. The third kappa shape index (κ3) is 4.87. The van der Waals surface area contributed by atoms with Gasteiger partial charge in [0.2, 0.25) is 9.84 Å². The van der Waals surface area contributed by atoms with Crippen LogP contribution in [0.1, 0.15) is 57.6 Å². The molecule has 0 radical (unpaired) electrons. The number of rotatable bonds is 6. The van der Waals surface area contributed by atoms with E-state index in [9.17, 15) is 8.42 Å². The van der Waals surface area contributed by atoms with E-state index in [-0.39, 0.29) is 10.9 Å². The maximum absolute atomic E-state index is 13.0. The molecule has 4 rings (SSSR count). The summed E-state index contributed by atoms with van der Waals surface area (Å²) in [6.07, 6.45) is 6.86. The molecule has 2 aliphatic rings. The average Bonchev–Trinajstić information content (AvgIpc) is 2.84. The molecule has 1 aliphatic heterocycles. The first-order valence-corrected chi connectivity index (χ1v) is 13.4. The minimum atomic E-state index is -3.54. The molecule has 1 saturated carbocycles. The largest absolute Gasteiger partial charge is 0.497 e. The molecule has 2 aromatic rings. The van der Waals surface area contributed by atoms with E-state index >= 15 is 0 Å². The number of hydrogen-bond donors (Lipinski definition) is 0. The first-order valence-electron chi connectivity index (χ1n) is 11.9. The molecule has 0 spiro atoms. The van der Waals surface area contributed by atoms with Gasteiger partial charge in [0.05, 0.1) is 16.9 Å². The lowest BCUT2D eigenvalue weighted by molar-refractivity contribution is 0.0225. The van der Waals surface area contributed by atoms with Crippen LogP contribution in [0.3, 0.4) is 0 Å². The van der Waals surface area contributed by atoms with E-state index in [1.54, 1.807) is 43.5 Å². The second-order valence-electron chi connectivity index (χ2n) is 9.30. The molecule has 0 N–H and O–H groups in total. The minimum absolute atomic E-state index is 0.260. The van der Waals surface area contributed by atoms with Crippen molar-refractivity contribution in [1.82, 2.24) is 9.80 Å². The zero-order chi connectivity index (χ0) is 22.7. The quantitative estimate of drug-likeness (QED) is 0.617. The Labute approximate surface area is 193 Å². The molecule has 0 unspecified atom stereocenters. The van der Waals surface area contributed by atoms with Gasteiger partial charge >= 0.3 is 0 Å². The fourth-order valence-electron chi connectivity index (χ4n) is 5.36. The van der Waals surface area contributed by atoms with Crippen LogP contribution in [0, 0.1) is 0 Å². The van der Waals surface area contributed by atoms with Crippen molar-refractivity contribution < 1.29 is 13.2 Å². The summed E-state index contributed by atoms with van der Waals surface area (Å²) in [6, 6.07) is 15.5. The van der Waals surface area contributed by atoms with E-state index in [1.807, 2.05) is 12.1 Å². The van der Waals surface area contributed by atoms with Gasteiger partial charge in [-0.3, -0.25) is 9.80 Å². The molecule has 2 fully saturated rings. The molecular formula is C26H36N2O3S. The topological polar surface area (TPSA) is 49.9 Å². The third-order valence-corrected chi connectivity index (χ3v) is 9.13. The standard InChI is InChI=1S/C26H36N2O3S/c1-20-19-27(23-7-5-4-6-8-23)17-18-28(20)21(2)22-9-13-25(14-10-22)32(29,30)26-15-11-24(31-3)12-16-26/h9-16,20-21,23H,4-8,17-19H2,1-3H3/t20-,21-/m1/s1. The summed E-state index contributed by atoms with van der Waals surface area (Å²) in [6.45, 7) is 7.88. The summed E-state index contributed by atoms with van der Waals surface area (Å²) in [4.78, 5) is 5.88. The molecule has 1 saturated heterocycles. The summed E-state index contributed by atoms with van der Waals surface area (Å²) in [5.74, 6) is 0.644. The molecule has 2 aromatic carbocycles. The summed E-state index contributed by atoms with van der Waals surface area (Å²) < 4.78 is 31.1. The zero-order valence-electron chi connectivity index (χ0n) is 19.5. The number of sulfone groups is 1. The minimum Gasteiger partial charge on any atom is -0.497 e.